The van der Waals surface area contributed by atoms with Crippen LogP contribution in [-0.4, -0.2) is 11.6 Å². The lowest BCUT2D eigenvalue weighted by molar-refractivity contribution is 0.0980. The maximum atomic E-state index is 14.6. The molecule has 1 aliphatic rings. The molecule has 2 nitrogen and oxygen atoms in total. The highest BCUT2D eigenvalue weighted by molar-refractivity contribution is 6.33. The zero-order valence-electron chi connectivity index (χ0n) is 21.2. The molecule has 0 bridgehead atoms. The molecule has 0 fully saturated rings. The summed E-state index contributed by atoms with van der Waals surface area (Å²) in [7, 11) is 0. The normalized spacial score (nSPS) is 12.6. The molecule has 0 aliphatic heterocycles. The van der Waals surface area contributed by atoms with Gasteiger partial charge in [0, 0.05) is 22.3 Å². The Kier molecular flexibility index (Phi) is 4.92. The van der Waals surface area contributed by atoms with E-state index in [-0.39, 0.29) is 11.6 Å². The molecule has 180 valence electrons. The van der Waals surface area contributed by atoms with Crippen LogP contribution in [0.5, 0.6) is 0 Å². The molecule has 0 saturated heterocycles. The third kappa shape index (κ3) is 3.13. The molecule has 6 aromatic rings. The van der Waals surface area contributed by atoms with Gasteiger partial charge in [-0.05, 0) is 68.8 Å². The summed E-state index contributed by atoms with van der Waals surface area (Å²) in [4.78, 5) is 28.5. The van der Waals surface area contributed by atoms with E-state index in [4.69, 9.17) is 0 Å². The van der Waals surface area contributed by atoms with Crippen molar-refractivity contribution >= 4 is 33.1 Å². The predicted octanol–water partition coefficient (Wildman–Crippen LogP) is 8.72. The summed E-state index contributed by atoms with van der Waals surface area (Å²) < 4.78 is 0. The Morgan fingerprint density at radius 3 is 1.26 bits per heavy atom. The van der Waals surface area contributed by atoms with Crippen LogP contribution < -0.4 is 0 Å². The van der Waals surface area contributed by atoms with Crippen molar-refractivity contribution in [3.05, 3.63) is 143 Å². The van der Waals surface area contributed by atoms with Crippen LogP contribution in [-0.2, 0) is 0 Å². The van der Waals surface area contributed by atoms with E-state index in [1.165, 1.54) is 0 Å². The van der Waals surface area contributed by atoms with Crippen LogP contribution >= 0.6 is 0 Å². The number of benzene rings is 6. The van der Waals surface area contributed by atoms with Crippen LogP contribution in [0.2, 0.25) is 0 Å². The molecule has 2 heteroatoms. The van der Waals surface area contributed by atoms with Crippen molar-refractivity contribution in [3.63, 3.8) is 0 Å². The molecule has 1 aliphatic carbocycles. The summed E-state index contributed by atoms with van der Waals surface area (Å²) >= 11 is 0. The summed E-state index contributed by atoms with van der Waals surface area (Å²) in [6.45, 7) is 4.13. The number of aryl methyl sites for hydroxylation is 2. The van der Waals surface area contributed by atoms with Gasteiger partial charge in [0.2, 0.25) is 0 Å². The van der Waals surface area contributed by atoms with E-state index in [0.717, 1.165) is 54.9 Å². The van der Waals surface area contributed by atoms with Gasteiger partial charge < -0.3 is 0 Å². The summed E-state index contributed by atoms with van der Waals surface area (Å²) in [6, 6.07) is 36.1. The van der Waals surface area contributed by atoms with Gasteiger partial charge in [0.15, 0.2) is 11.6 Å². The van der Waals surface area contributed by atoms with E-state index in [1.807, 2.05) is 48.5 Å². The van der Waals surface area contributed by atoms with Gasteiger partial charge in [0.25, 0.3) is 0 Å². The zero-order chi connectivity index (χ0) is 26.0. The zero-order valence-corrected chi connectivity index (χ0v) is 21.2. The van der Waals surface area contributed by atoms with Crippen molar-refractivity contribution in [3.8, 4) is 22.3 Å². The molecular weight excluding hydrogens is 464 g/mol. The van der Waals surface area contributed by atoms with Crippen molar-refractivity contribution in [2.45, 2.75) is 13.8 Å². The highest BCUT2D eigenvalue weighted by atomic mass is 16.1. The molecule has 7 rings (SSSR count). The van der Waals surface area contributed by atoms with Gasteiger partial charge in [-0.15, -0.1) is 0 Å². The Morgan fingerprint density at radius 1 is 0.368 bits per heavy atom. The highest BCUT2D eigenvalue weighted by Crippen LogP contribution is 2.43. The molecule has 0 radical (unpaired) electrons. The fraction of sp³-hybridized carbons (Fsp3) is 0.0556. The maximum absolute atomic E-state index is 14.6. The van der Waals surface area contributed by atoms with Crippen LogP contribution in [0.1, 0.15) is 43.0 Å². The number of hydrogen-bond donors (Lipinski definition) is 0. The van der Waals surface area contributed by atoms with E-state index in [1.54, 1.807) is 12.1 Å². The molecule has 0 N–H and O–H groups in total. The Morgan fingerprint density at radius 2 is 0.789 bits per heavy atom. The smallest absolute Gasteiger partial charge is 0.195 e. The van der Waals surface area contributed by atoms with Crippen LogP contribution in [0.4, 0.5) is 0 Å². The summed E-state index contributed by atoms with van der Waals surface area (Å²) in [5, 5.41) is 4.36. The van der Waals surface area contributed by atoms with Crippen LogP contribution in [0.25, 0.3) is 43.8 Å². The van der Waals surface area contributed by atoms with E-state index in [9.17, 15) is 9.59 Å². The first-order chi connectivity index (χ1) is 18.5. The topological polar surface area (TPSA) is 34.1 Å². The second-order valence-electron chi connectivity index (χ2n) is 10.1. The SMILES string of the molecule is Cc1ccc2ccccc2c1-c1cccc2c1C(=O)c1c(cccc1-c1c(C)ccc3ccccc13)C2=O. The van der Waals surface area contributed by atoms with Crippen molar-refractivity contribution in [2.24, 2.45) is 0 Å². The third-order valence-electron chi connectivity index (χ3n) is 7.89. The lowest BCUT2D eigenvalue weighted by Crippen LogP contribution is -2.23. The van der Waals surface area contributed by atoms with Crippen LogP contribution in [0, 0.1) is 13.8 Å². The van der Waals surface area contributed by atoms with Gasteiger partial charge in [-0.25, -0.2) is 0 Å². The van der Waals surface area contributed by atoms with Gasteiger partial charge in [-0.1, -0.05) is 109 Å². The number of rotatable bonds is 2. The molecular formula is C36H24O2. The second kappa shape index (κ2) is 8.36. The molecule has 0 saturated carbocycles. The minimum Gasteiger partial charge on any atom is -0.289 e. The van der Waals surface area contributed by atoms with Crippen LogP contribution in [0.3, 0.4) is 0 Å². The number of carbonyl (C=O) groups excluding carboxylic acids is 2. The van der Waals surface area contributed by atoms with E-state index >= 15 is 0 Å². The predicted molar refractivity (Wildman–Crippen MR) is 155 cm³/mol. The van der Waals surface area contributed by atoms with Gasteiger partial charge in [0.1, 0.15) is 0 Å². The molecule has 0 spiro atoms. The first kappa shape index (κ1) is 22.4. The fourth-order valence-corrected chi connectivity index (χ4v) is 6.14. The van der Waals surface area contributed by atoms with Crippen LogP contribution in [0.15, 0.2) is 109 Å². The first-order valence-corrected chi connectivity index (χ1v) is 12.9. The summed E-state index contributed by atoms with van der Waals surface area (Å²) in [6.07, 6.45) is 0. The summed E-state index contributed by atoms with van der Waals surface area (Å²) in [5.41, 5.74) is 7.70. The maximum Gasteiger partial charge on any atom is 0.195 e. The average Bonchev–Trinajstić information content (AvgIpc) is 2.95. The Bertz CT molecular complexity index is 1840. The van der Waals surface area contributed by atoms with Crippen molar-refractivity contribution in [1.82, 2.24) is 0 Å². The lowest BCUT2D eigenvalue weighted by Gasteiger charge is -2.24. The summed E-state index contributed by atoms with van der Waals surface area (Å²) in [5.74, 6) is -0.199. The number of ketones is 2. The molecule has 0 unspecified atom stereocenters. The monoisotopic (exact) mass is 488 g/mol. The van der Waals surface area contributed by atoms with E-state index in [0.29, 0.717) is 22.3 Å². The number of hydrogen-bond acceptors (Lipinski definition) is 2. The fourth-order valence-electron chi connectivity index (χ4n) is 6.14. The molecule has 6 aromatic carbocycles. The largest absolute Gasteiger partial charge is 0.289 e. The van der Waals surface area contributed by atoms with Gasteiger partial charge in [0.05, 0.1) is 0 Å². The third-order valence-corrected chi connectivity index (χ3v) is 7.89. The first-order valence-electron chi connectivity index (χ1n) is 12.9. The Balaban J connectivity index is 1.54. The minimum absolute atomic E-state index is 0.0968. The molecule has 0 heterocycles. The second-order valence-corrected chi connectivity index (χ2v) is 10.1. The average molecular weight is 489 g/mol. The quantitative estimate of drug-likeness (QED) is 0.244. The van der Waals surface area contributed by atoms with Gasteiger partial charge in [-0.2, -0.15) is 0 Å². The van der Waals surface area contributed by atoms with Gasteiger partial charge >= 0.3 is 0 Å². The van der Waals surface area contributed by atoms with Crippen molar-refractivity contribution in [1.29, 1.82) is 0 Å². The van der Waals surface area contributed by atoms with Crippen molar-refractivity contribution in [2.75, 3.05) is 0 Å². The lowest BCUT2D eigenvalue weighted by atomic mass is 9.76. The molecule has 38 heavy (non-hydrogen) atoms. The minimum atomic E-state index is -0.103. The molecule has 0 amide bonds. The van der Waals surface area contributed by atoms with E-state index < -0.39 is 0 Å². The Labute approximate surface area is 221 Å². The van der Waals surface area contributed by atoms with E-state index in [2.05, 4.69) is 62.4 Å². The highest BCUT2D eigenvalue weighted by Gasteiger charge is 2.34. The molecule has 0 atom stereocenters. The number of fused-ring (bicyclic) bond motifs is 4. The standard InChI is InChI=1S/C36H24O2/c1-21-17-19-23-9-3-5-11-25(23)31(21)27-13-7-15-29-33(27)36(38)34-28(14-8-16-30(34)35(29)37)32-22(2)18-20-24-10-4-6-12-26(24)32/h3-20H,1-2H3. The molecule has 0 aromatic heterocycles. The number of carbonyl (C=O) groups is 2. The van der Waals surface area contributed by atoms with Gasteiger partial charge in [-0.3, -0.25) is 9.59 Å². The Hall–Kier alpha value is -4.82. The van der Waals surface area contributed by atoms with Crippen molar-refractivity contribution < 1.29 is 9.59 Å².